The van der Waals surface area contributed by atoms with Crippen LogP contribution in [0.2, 0.25) is 0 Å². The van der Waals surface area contributed by atoms with Gasteiger partial charge in [0.1, 0.15) is 0 Å². The van der Waals surface area contributed by atoms with Crippen molar-refractivity contribution in [2.45, 2.75) is 5.44 Å². The van der Waals surface area contributed by atoms with Crippen LogP contribution in [0.5, 0.6) is 0 Å². The van der Waals surface area contributed by atoms with E-state index in [4.69, 9.17) is 9.66 Å². The average Bonchev–Trinajstić information content (AvgIpc) is 2.05. The van der Waals surface area contributed by atoms with Gasteiger partial charge in [-0.3, -0.25) is 4.98 Å². The molecule has 0 aliphatic heterocycles. The van der Waals surface area contributed by atoms with Crippen molar-refractivity contribution in [3.05, 3.63) is 30.1 Å². The van der Waals surface area contributed by atoms with Gasteiger partial charge in [-0.15, -0.1) is 0 Å². The normalized spacial score (nSPS) is 15.8. The summed E-state index contributed by atoms with van der Waals surface area (Å²) in [6.45, 7) is 0. The third kappa shape index (κ3) is 2.07. The van der Waals surface area contributed by atoms with E-state index in [1.165, 1.54) is 12.3 Å². The molecule has 1 aromatic heterocycles. The van der Waals surface area contributed by atoms with Crippen LogP contribution in [-0.2, 0) is 11.1 Å². The topological polar surface area (TPSA) is 70.4 Å². The van der Waals surface area contributed by atoms with Gasteiger partial charge in [0.25, 0.3) is 0 Å². The Hall–Kier alpha value is -0.780. The molecule has 2 N–H and O–H groups in total. The summed E-state index contributed by atoms with van der Waals surface area (Å²) in [7, 11) is 0. The minimum absolute atomic E-state index is 0.202. The Labute approximate surface area is 66.2 Å². The highest BCUT2D eigenvalue weighted by Crippen LogP contribution is 2.10. The summed E-state index contributed by atoms with van der Waals surface area (Å²) >= 11 is -2.27. The summed E-state index contributed by atoms with van der Waals surface area (Å²) in [5.74, 6) is 0. The summed E-state index contributed by atoms with van der Waals surface area (Å²) in [6, 6.07) is 4.79. The van der Waals surface area contributed by atoms with Crippen molar-refractivity contribution in [2.75, 3.05) is 0 Å². The number of rotatable bonds is 2. The molecular weight excluding hydrogens is 166 g/mol. The first-order valence-electron chi connectivity index (χ1n) is 2.90. The lowest BCUT2D eigenvalue weighted by molar-refractivity contribution is 0.247. The number of aromatic nitrogens is 1. The van der Waals surface area contributed by atoms with Gasteiger partial charge < -0.3 is 9.66 Å². The zero-order valence-electron chi connectivity index (χ0n) is 5.54. The second-order valence-corrected chi connectivity index (χ2v) is 2.88. The molecule has 0 amide bonds. The third-order valence-corrected chi connectivity index (χ3v) is 1.76. The Morgan fingerprint density at radius 3 is 2.73 bits per heavy atom. The van der Waals surface area contributed by atoms with E-state index in [9.17, 15) is 4.21 Å². The minimum Gasteiger partial charge on any atom is -0.372 e. The van der Waals surface area contributed by atoms with Gasteiger partial charge in [0, 0.05) is 6.20 Å². The van der Waals surface area contributed by atoms with E-state index >= 15 is 0 Å². The predicted octanol–water partition coefficient (Wildman–Crippen LogP) is 0.294. The molecule has 0 bridgehead atoms. The van der Waals surface area contributed by atoms with Crippen molar-refractivity contribution in [2.24, 2.45) is 0 Å². The summed E-state index contributed by atoms with van der Waals surface area (Å²) in [5, 5.41) is 8.99. The van der Waals surface area contributed by atoms with Crippen LogP contribution < -0.4 is 0 Å². The maximum Gasteiger partial charge on any atom is 0.197 e. The van der Waals surface area contributed by atoms with Crippen molar-refractivity contribution in [3.8, 4) is 0 Å². The van der Waals surface area contributed by atoms with E-state index in [-0.39, 0.29) is 5.69 Å². The molecule has 1 aromatic rings. The van der Waals surface area contributed by atoms with Crippen molar-refractivity contribution in [1.82, 2.24) is 4.98 Å². The fourth-order valence-corrected chi connectivity index (χ4v) is 0.971. The monoisotopic (exact) mass is 173 g/mol. The van der Waals surface area contributed by atoms with E-state index in [1.807, 2.05) is 0 Å². The fraction of sp³-hybridized carbons (Fsp3) is 0.167. The molecule has 0 aromatic carbocycles. The van der Waals surface area contributed by atoms with Gasteiger partial charge >= 0.3 is 0 Å². The smallest absolute Gasteiger partial charge is 0.197 e. The lowest BCUT2D eigenvalue weighted by atomic mass is 10.4. The van der Waals surface area contributed by atoms with Crippen LogP contribution >= 0.6 is 0 Å². The molecule has 0 radical (unpaired) electrons. The molecule has 4 nitrogen and oxygen atoms in total. The first-order valence-corrected chi connectivity index (χ1v) is 4.07. The molecule has 1 heterocycles. The number of aliphatic hydroxyl groups excluding tert-OH is 1. The molecule has 1 rings (SSSR count). The molecule has 60 valence electrons. The molecule has 0 aliphatic rings. The van der Waals surface area contributed by atoms with Gasteiger partial charge in [0.2, 0.25) is 0 Å². The molecule has 2 atom stereocenters. The summed E-state index contributed by atoms with van der Waals surface area (Å²) in [4.78, 5) is 3.70. The molecule has 5 heteroatoms. The lowest BCUT2D eigenvalue weighted by Crippen LogP contribution is -2.05. The van der Waals surface area contributed by atoms with Crippen LogP contribution in [0, 0.1) is 0 Å². The summed E-state index contributed by atoms with van der Waals surface area (Å²) in [6.07, 6.45) is 1.45. The largest absolute Gasteiger partial charge is 0.372 e. The van der Waals surface area contributed by atoms with Crippen LogP contribution in [-0.4, -0.2) is 18.9 Å². The maximum absolute atomic E-state index is 10.3. The van der Waals surface area contributed by atoms with Gasteiger partial charge in [0.05, 0.1) is 5.69 Å². The molecule has 2 unspecified atom stereocenters. The van der Waals surface area contributed by atoms with E-state index in [2.05, 4.69) is 4.98 Å². The first-order chi connectivity index (χ1) is 5.22. The van der Waals surface area contributed by atoms with Crippen LogP contribution in [0.15, 0.2) is 24.4 Å². The predicted molar refractivity (Wildman–Crippen MR) is 40.0 cm³/mol. The maximum atomic E-state index is 10.3. The Morgan fingerprint density at radius 2 is 2.27 bits per heavy atom. The van der Waals surface area contributed by atoms with Crippen LogP contribution in [0.4, 0.5) is 0 Å². The highest BCUT2D eigenvalue weighted by molar-refractivity contribution is 7.79. The zero-order valence-corrected chi connectivity index (χ0v) is 6.36. The standard InChI is InChI=1S/C6H7NO3S/c8-6(11(9)10)5-3-1-2-4-7-5/h1-4,6,8H,(H,9,10). The number of aliphatic hydroxyl groups is 1. The quantitative estimate of drug-likeness (QED) is 0.631. The SMILES string of the molecule is O=S(O)C(O)c1ccccn1. The number of nitrogens with zero attached hydrogens (tertiary/aromatic N) is 1. The minimum atomic E-state index is -2.27. The number of hydrogen-bond acceptors (Lipinski definition) is 3. The number of pyridine rings is 1. The zero-order chi connectivity index (χ0) is 8.27. The van der Waals surface area contributed by atoms with E-state index < -0.39 is 16.5 Å². The van der Waals surface area contributed by atoms with Crippen molar-refractivity contribution < 1.29 is 13.9 Å². The highest BCUT2D eigenvalue weighted by Gasteiger charge is 2.13. The first kappa shape index (κ1) is 8.32. The van der Waals surface area contributed by atoms with Gasteiger partial charge in [-0.2, -0.15) is 0 Å². The Bertz CT molecular complexity index is 251. The van der Waals surface area contributed by atoms with Gasteiger partial charge in [0.15, 0.2) is 16.5 Å². The van der Waals surface area contributed by atoms with E-state index in [0.29, 0.717) is 0 Å². The molecule has 0 aliphatic carbocycles. The second kappa shape index (κ2) is 3.56. The number of hydrogen-bond donors (Lipinski definition) is 2. The molecule has 0 saturated carbocycles. The van der Waals surface area contributed by atoms with Gasteiger partial charge in [-0.1, -0.05) is 6.07 Å². The van der Waals surface area contributed by atoms with Gasteiger partial charge in [-0.05, 0) is 12.1 Å². The summed E-state index contributed by atoms with van der Waals surface area (Å²) < 4.78 is 18.8. The van der Waals surface area contributed by atoms with E-state index in [1.54, 1.807) is 12.1 Å². The van der Waals surface area contributed by atoms with Crippen molar-refractivity contribution >= 4 is 11.1 Å². The molecule has 0 fully saturated rings. The van der Waals surface area contributed by atoms with Gasteiger partial charge in [-0.25, -0.2) is 4.21 Å². The Balaban J connectivity index is 2.85. The Morgan fingerprint density at radius 1 is 1.55 bits per heavy atom. The fourth-order valence-electron chi connectivity index (χ4n) is 0.625. The third-order valence-electron chi connectivity index (χ3n) is 1.13. The highest BCUT2D eigenvalue weighted by atomic mass is 32.2. The van der Waals surface area contributed by atoms with Crippen molar-refractivity contribution in [1.29, 1.82) is 0 Å². The lowest BCUT2D eigenvalue weighted by Gasteiger charge is -2.02. The van der Waals surface area contributed by atoms with Crippen LogP contribution in [0.25, 0.3) is 0 Å². The van der Waals surface area contributed by atoms with Crippen LogP contribution in [0.1, 0.15) is 11.1 Å². The average molecular weight is 173 g/mol. The van der Waals surface area contributed by atoms with Crippen molar-refractivity contribution in [3.63, 3.8) is 0 Å². The van der Waals surface area contributed by atoms with E-state index in [0.717, 1.165) is 0 Å². The second-order valence-electron chi connectivity index (χ2n) is 1.88. The molecule has 11 heavy (non-hydrogen) atoms. The molecule has 0 spiro atoms. The van der Waals surface area contributed by atoms with Crippen LogP contribution in [0.3, 0.4) is 0 Å². The molecular formula is C6H7NO3S. The Kier molecular flexibility index (Phi) is 2.70. The molecule has 0 saturated heterocycles. The summed E-state index contributed by atoms with van der Waals surface area (Å²) in [5.41, 5.74) is -1.20.